The lowest BCUT2D eigenvalue weighted by molar-refractivity contribution is -0.127. The van der Waals surface area contributed by atoms with E-state index in [1.165, 1.54) is 24.0 Å². The van der Waals surface area contributed by atoms with Gasteiger partial charge >= 0.3 is 0 Å². The zero-order valence-corrected chi connectivity index (χ0v) is 13.2. The van der Waals surface area contributed by atoms with Gasteiger partial charge in [-0.2, -0.15) is 0 Å². The number of benzene rings is 1. The smallest absolute Gasteiger partial charge is 0.232 e. The van der Waals surface area contributed by atoms with Crippen LogP contribution in [0, 0.1) is 6.92 Å². The van der Waals surface area contributed by atoms with Gasteiger partial charge < -0.3 is 10.2 Å². The zero-order chi connectivity index (χ0) is 14.4. The van der Waals surface area contributed by atoms with E-state index in [1.807, 2.05) is 29.8 Å². The molecule has 1 N–H and O–H groups in total. The normalized spacial score (nSPS) is 16.1. The second-order valence-electron chi connectivity index (χ2n) is 5.50. The van der Waals surface area contributed by atoms with Crippen molar-refractivity contribution in [2.24, 2.45) is 0 Å². The van der Waals surface area contributed by atoms with Crippen molar-refractivity contribution in [3.05, 3.63) is 35.4 Å². The monoisotopic (exact) mass is 292 g/mol. The van der Waals surface area contributed by atoms with E-state index >= 15 is 0 Å². The Morgan fingerprint density at radius 2 is 2.15 bits per heavy atom. The predicted octanol–water partition coefficient (Wildman–Crippen LogP) is 2.44. The van der Waals surface area contributed by atoms with Crippen molar-refractivity contribution in [2.45, 2.75) is 31.6 Å². The summed E-state index contributed by atoms with van der Waals surface area (Å²) < 4.78 is 0. The standard InChI is InChI=1S/C16H24N2OS/c1-13-4-3-5-14(10-13)11-18(2)16(19)12-20-15-6-8-17-9-7-15/h3-5,10,15,17H,6-9,11-12H2,1-2H3. The molecule has 0 aliphatic carbocycles. The summed E-state index contributed by atoms with van der Waals surface area (Å²) in [7, 11) is 1.90. The van der Waals surface area contributed by atoms with Crippen molar-refractivity contribution in [3.8, 4) is 0 Å². The molecule has 0 spiro atoms. The van der Waals surface area contributed by atoms with Crippen LogP contribution in [0.5, 0.6) is 0 Å². The molecule has 1 fully saturated rings. The molecule has 1 aliphatic heterocycles. The predicted molar refractivity (Wildman–Crippen MR) is 86.0 cm³/mol. The third kappa shape index (κ3) is 4.84. The summed E-state index contributed by atoms with van der Waals surface area (Å²) in [5.74, 6) is 0.836. The second kappa shape index (κ2) is 7.70. The highest BCUT2D eigenvalue weighted by molar-refractivity contribution is 8.00. The van der Waals surface area contributed by atoms with Crippen LogP contribution in [-0.4, -0.2) is 41.9 Å². The second-order valence-corrected chi connectivity index (χ2v) is 6.79. The fourth-order valence-corrected chi connectivity index (χ4v) is 3.60. The molecule has 1 aromatic rings. The number of amides is 1. The molecule has 1 saturated heterocycles. The van der Waals surface area contributed by atoms with E-state index in [4.69, 9.17) is 0 Å². The Balaban J connectivity index is 1.76. The van der Waals surface area contributed by atoms with E-state index in [-0.39, 0.29) is 5.91 Å². The van der Waals surface area contributed by atoms with Gasteiger partial charge in [0.2, 0.25) is 5.91 Å². The van der Waals surface area contributed by atoms with Crippen LogP contribution in [0.25, 0.3) is 0 Å². The molecule has 0 radical (unpaired) electrons. The zero-order valence-electron chi connectivity index (χ0n) is 12.4. The van der Waals surface area contributed by atoms with Gasteiger partial charge in [0, 0.05) is 18.8 Å². The van der Waals surface area contributed by atoms with E-state index in [1.54, 1.807) is 0 Å². The van der Waals surface area contributed by atoms with Gasteiger partial charge in [0.1, 0.15) is 0 Å². The third-order valence-corrected chi connectivity index (χ3v) is 5.01. The SMILES string of the molecule is Cc1cccc(CN(C)C(=O)CSC2CCNCC2)c1. The maximum Gasteiger partial charge on any atom is 0.232 e. The Labute approximate surface area is 126 Å². The molecule has 0 unspecified atom stereocenters. The molecule has 1 heterocycles. The maximum absolute atomic E-state index is 12.2. The van der Waals surface area contributed by atoms with Crippen LogP contribution in [0.4, 0.5) is 0 Å². The first-order chi connectivity index (χ1) is 9.65. The van der Waals surface area contributed by atoms with Crippen molar-refractivity contribution in [2.75, 3.05) is 25.9 Å². The minimum Gasteiger partial charge on any atom is -0.341 e. The van der Waals surface area contributed by atoms with Crippen molar-refractivity contribution in [3.63, 3.8) is 0 Å². The highest BCUT2D eigenvalue weighted by atomic mass is 32.2. The Morgan fingerprint density at radius 3 is 2.85 bits per heavy atom. The number of hydrogen-bond donors (Lipinski definition) is 1. The van der Waals surface area contributed by atoms with Gasteiger partial charge in [-0.05, 0) is 38.4 Å². The molecule has 1 aromatic carbocycles. The van der Waals surface area contributed by atoms with Crippen LogP contribution in [-0.2, 0) is 11.3 Å². The van der Waals surface area contributed by atoms with Crippen molar-refractivity contribution in [1.29, 1.82) is 0 Å². The third-order valence-electron chi connectivity index (χ3n) is 3.66. The topological polar surface area (TPSA) is 32.3 Å². The average molecular weight is 292 g/mol. The lowest BCUT2D eigenvalue weighted by Gasteiger charge is -2.23. The molecule has 20 heavy (non-hydrogen) atoms. The Bertz CT molecular complexity index is 444. The summed E-state index contributed by atoms with van der Waals surface area (Å²) in [4.78, 5) is 14.0. The van der Waals surface area contributed by atoms with E-state index in [2.05, 4.69) is 30.4 Å². The summed E-state index contributed by atoms with van der Waals surface area (Å²) >= 11 is 1.82. The number of nitrogens with one attached hydrogen (secondary N) is 1. The highest BCUT2D eigenvalue weighted by Crippen LogP contribution is 2.20. The molecular formula is C16H24N2OS. The van der Waals surface area contributed by atoms with Gasteiger partial charge in [-0.15, -0.1) is 11.8 Å². The molecule has 1 aliphatic rings. The molecule has 1 amide bonds. The fraction of sp³-hybridized carbons (Fsp3) is 0.562. The first kappa shape index (κ1) is 15.4. The number of aryl methyl sites for hydroxylation is 1. The van der Waals surface area contributed by atoms with E-state index < -0.39 is 0 Å². The molecule has 0 aromatic heterocycles. The number of carbonyl (C=O) groups is 1. The van der Waals surface area contributed by atoms with Crippen LogP contribution >= 0.6 is 11.8 Å². The van der Waals surface area contributed by atoms with Gasteiger partial charge in [-0.3, -0.25) is 4.79 Å². The number of thioether (sulfide) groups is 1. The molecule has 4 heteroatoms. The minimum absolute atomic E-state index is 0.232. The lowest BCUT2D eigenvalue weighted by atomic mass is 10.1. The lowest BCUT2D eigenvalue weighted by Crippen LogP contribution is -2.32. The summed E-state index contributed by atoms with van der Waals surface area (Å²) in [5, 5.41) is 4.00. The van der Waals surface area contributed by atoms with E-state index in [0.717, 1.165) is 13.1 Å². The quantitative estimate of drug-likeness (QED) is 0.904. The first-order valence-electron chi connectivity index (χ1n) is 7.27. The van der Waals surface area contributed by atoms with Crippen LogP contribution in [0.1, 0.15) is 24.0 Å². The number of carbonyl (C=O) groups excluding carboxylic acids is 1. The van der Waals surface area contributed by atoms with Crippen LogP contribution in [0.15, 0.2) is 24.3 Å². The molecule has 0 saturated carbocycles. The largest absolute Gasteiger partial charge is 0.341 e. The number of hydrogen-bond acceptors (Lipinski definition) is 3. The van der Waals surface area contributed by atoms with Crippen LogP contribution < -0.4 is 5.32 Å². The molecule has 0 bridgehead atoms. The van der Waals surface area contributed by atoms with Crippen molar-refractivity contribution < 1.29 is 4.79 Å². The van der Waals surface area contributed by atoms with E-state index in [0.29, 0.717) is 17.5 Å². The maximum atomic E-state index is 12.2. The molecule has 2 rings (SSSR count). The minimum atomic E-state index is 0.232. The summed E-state index contributed by atoms with van der Waals surface area (Å²) in [6.07, 6.45) is 2.36. The van der Waals surface area contributed by atoms with Gasteiger partial charge in [-0.1, -0.05) is 29.8 Å². The van der Waals surface area contributed by atoms with Crippen molar-refractivity contribution in [1.82, 2.24) is 10.2 Å². The first-order valence-corrected chi connectivity index (χ1v) is 8.32. The number of piperidine rings is 1. The van der Waals surface area contributed by atoms with Crippen molar-refractivity contribution >= 4 is 17.7 Å². The van der Waals surface area contributed by atoms with Gasteiger partial charge in [-0.25, -0.2) is 0 Å². The summed E-state index contributed by atoms with van der Waals surface area (Å²) in [5.41, 5.74) is 2.44. The highest BCUT2D eigenvalue weighted by Gasteiger charge is 2.16. The molecule has 110 valence electrons. The van der Waals surface area contributed by atoms with Gasteiger partial charge in [0.15, 0.2) is 0 Å². The molecular weight excluding hydrogens is 268 g/mol. The Morgan fingerprint density at radius 1 is 1.40 bits per heavy atom. The Kier molecular flexibility index (Phi) is 5.92. The number of nitrogens with zero attached hydrogens (tertiary/aromatic N) is 1. The van der Waals surface area contributed by atoms with E-state index in [9.17, 15) is 4.79 Å². The summed E-state index contributed by atoms with van der Waals surface area (Å²) in [6, 6.07) is 8.35. The van der Waals surface area contributed by atoms with Gasteiger partial charge in [0.05, 0.1) is 5.75 Å². The van der Waals surface area contributed by atoms with Crippen LogP contribution in [0.2, 0.25) is 0 Å². The Hall–Kier alpha value is -1.00. The van der Waals surface area contributed by atoms with Gasteiger partial charge in [0.25, 0.3) is 0 Å². The summed E-state index contributed by atoms with van der Waals surface area (Å²) in [6.45, 7) is 4.96. The fourth-order valence-electron chi connectivity index (χ4n) is 2.43. The molecule has 3 nitrogen and oxygen atoms in total. The van der Waals surface area contributed by atoms with Crippen LogP contribution in [0.3, 0.4) is 0 Å². The average Bonchev–Trinajstić information content (AvgIpc) is 2.46. The molecule has 0 atom stereocenters. The number of rotatable bonds is 5.